The van der Waals surface area contributed by atoms with Gasteiger partial charge < -0.3 is 20.1 Å². The number of carbonyl (C=O) groups is 1. The van der Waals surface area contributed by atoms with Gasteiger partial charge in [0, 0.05) is 23.3 Å². The number of anilines is 2. The number of allylic oxidation sites excluding steroid dienone is 1. The predicted molar refractivity (Wildman–Crippen MR) is 136 cm³/mol. The monoisotopic (exact) mass is 454 g/mol. The van der Waals surface area contributed by atoms with Crippen LogP contribution in [0.5, 0.6) is 11.5 Å². The Balaban J connectivity index is 1.59. The highest BCUT2D eigenvalue weighted by atomic mass is 16.5. The van der Waals surface area contributed by atoms with E-state index in [1.807, 2.05) is 68.4 Å². The van der Waals surface area contributed by atoms with Crippen molar-refractivity contribution >= 4 is 17.2 Å². The minimum Gasteiger partial charge on any atom is -0.497 e. The second-order valence-corrected chi connectivity index (χ2v) is 9.15. The summed E-state index contributed by atoms with van der Waals surface area (Å²) in [4.78, 5) is 13.8. The quantitative estimate of drug-likeness (QED) is 0.463. The molecule has 0 fully saturated rings. The summed E-state index contributed by atoms with van der Waals surface area (Å²) in [6, 6.07) is 23.9. The second kappa shape index (κ2) is 9.26. The van der Waals surface area contributed by atoms with Crippen molar-refractivity contribution < 1.29 is 14.3 Å². The normalized spacial score (nSPS) is 19.5. The summed E-state index contributed by atoms with van der Waals surface area (Å²) in [5.74, 6) is 1.88. The van der Waals surface area contributed by atoms with E-state index in [0.29, 0.717) is 6.42 Å². The van der Waals surface area contributed by atoms with Gasteiger partial charge in [0.05, 0.1) is 30.6 Å². The number of Topliss-reactive ketones (excluding diaryl/α,β-unsaturated/α-hetero) is 1. The molecule has 0 spiro atoms. The molecule has 1 aliphatic heterocycles. The topological polar surface area (TPSA) is 59.6 Å². The van der Waals surface area contributed by atoms with Crippen LogP contribution in [0, 0.1) is 0 Å². The number of nitrogens with one attached hydrogen (secondary N) is 2. The van der Waals surface area contributed by atoms with Gasteiger partial charge >= 0.3 is 0 Å². The van der Waals surface area contributed by atoms with Crippen LogP contribution in [0.25, 0.3) is 0 Å². The highest BCUT2D eigenvalue weighted by Crippen LogP contribution is 2.45. The van der Waals surface area contributed by atoms with E-state index in [1.165, 1.54) is 0 Å². The summed E-state index contributed by atoms with van der Waals surface area (Å²) < 4.78 is 11.5. The molecule has 0 bridgehead atoms. The maximum Gasteiger partial charge on any atom is 0.163 e. The van der Waals surface area contributed by atoms with E-state index in [4.69, 9.17) is 9.47 Å². The Hall–Kier alpha value is -3.73. The van der Waals surface area contributed by atoms with Crippen molar-refractivity contribution in [3.8, 4) is 11.5 Å². The van der Waals surface area contributed by atoms with Gasteiger partial charge in [0.2, 0.25) is 0 Å². The maximum absolute atomic E-state index is 13.8. The van der Waals surface area contributed by atoms with Crippen LogP contribution in [-0.4, -0.2) is 19.0 Å². The second-order valence-electron chi connectivity index (χ2n) is 9.15. The molecule has 2 aliphatic rings. The largest absolute Gasteiger partial charge is 0.497 e. The van der Waals surface area contributed by atoms with E-state index in [1.54, 1.807) is 7.11 Å². The van der Waals surface area contributed by atoms with E-state index in [9.17, 15) is 4.79 Å². The molecule has 3 aromatic carbocycles. The average molecular weight is 455 g/mol. The molecule has 1 heterocycles. The number of carbonyl (C=O) groups excluding carboxylic acids is 1. The fourth-order valence-corrected chi connectivity index (χ4v) is 4.92. The Bertz CT molecular complexity index is 1230. The lowest BCUT2D eigenvalue weighted by Crippen LogP contribution is -2.27. The van der Waals surface area contributed by atoms with Crippen molar-refractivity contribution in [3.63, 3.8) is 0 Å². The van der Waals surface area contributed by atoms with Crippen molar-refractivity contribution in [2.75, 3.05) is 17.7 Å². The van der Waals surface area contributed by atoms with Crippen molar-refractivity contribution in [3.05, 3.63) is 95.2 Å². The molecule has 0 amide bonds. The van der Waals surface area contributed by atoms with Gasteiger partial charge in [-0.15, -0.1) is 0 Å². The molecule has 0 aromatic heterocycles. The van der Waals surface area contributed by atoms with E-state index in [2.05, 4.69) is 28.8 Å². The Morgan fingerprint density at radius 1 is 0.882 bits per heavy atom. The van der Waals surface area contributed by atoms with Gasteiger partial charge in [-0.05, 0) is 62.1 Å². The Labute approximate surface area is 200 Å². The minimum atomic E-state index is -0.301. The predicted octanol–water partition coefficient (Wildman–Crippen LogP) is 6.46. The van der Waals surface area contributed by atoms with Gasteiger partial charge in [-0.25, -0.2) is 0 Å². The summed E-state index contributed by atoms with van der Waals surface area (Å²) >= 11 is 0. The standard InChI is InChI=1S/C29H30N2O3/c1-18(2)34-27-11-7-4-8-22(27)29-28-25(30-23-9-5-6-10-24(23)31-29)16-20(17-26(28)32)19-12-14-21(33-3)15-13-19/h4-15,18,20,29-31H,16-17H2,1-3H3/t20-,29-/m1/s1. The lowest BCUT2D eigenvalue weighted by atomic mass is 9.78. The zero-order chi connectivity index (χ0) is 23.7. The number of hydrogen-bond acceptors (Lipinski definition) is 5. The molecule has 1 aliphatic carbocycles. The van der Waals surface area contributed by atoms with Crippen LogP contribution in [0.2, 0.25) is 0 Å². The van der Waals surface area contributed by atoms with Crippen molar-refractivity contribution in [2.45, 2.75) is 44.8 Å². The van der Waals surface area contributed by atoms with Crippen LogP contribution < -0.4 is 20.1 Å². The molecule has 0 saturated heterocycles. The molecule has 2 atom stereocenters. The Kier molecular flexibility index (Phi) is 6.01. The fraction of sp³-hybridized carbons (Fsp3) is 0.276. The van der Waals surface area contributed by atoms with Gasteiger partial charge in [-0.2, -0.15) is 0 Å². The minimum absolute atomic E-state index is 0.0345. The summed E-state index contributed by atoms with van der Waals surface area (Å²) in [6.45, 7) is 4.04. The fourth-order valence-electron chi connectivity index (χ4n) is 4.92. The number of benzene rings is 3. The van der Waals surface area contributed by atoms with Gasteiger partial charge in [0.15, 0.2) is 5.78 Å². The van der Waals surface area contributed by atoms with Crippen LogP contribution in [0.15, 0.2) is 84.1 Å². The molecule has 34 heavy (non-hydrogen) atoms. The van der Waals surface area contributed by atoms with E-state index in [0.717, 1.165) is 51.7 Å². The van der Waals surface area contributed by atoms with Crippen LogP contribution in [-0.2, 0) is 4.79 Å². The highest BCUT2D eigenvalue weighted by Gasteiger charge is 2.37. The van der Waals surface area contributed by atoms with Crippen LogP contribution in [0.4, 0.5) is 11.4 Å². The van der Waals surface area contributed by atoms with Gasteiger partial charge in [0.1, 0.15) is 11.5 Å². The number of fused-ring (bicyclic) bond motifs is 1. The zero-order valence-electron chi connectivity index (χ0n) is 19.8. The molecular weight excluding hydrogens is 424 g/mol. The number of para-hydroxylation sites is 3. The lowest BCUT2D eigenvalue weighted by molar-refractivity contribution is -0.116. The van der Waals surface area contributed by atoms with Gasteiger partial charge in [-0.3, -0.25) is 4.79 Å². The molecule has 0 saturated carbocycles. The summed E-state index contributed by atoms with van der Waals surface area (Å²) in [5, 5.41) is 7.26. The Morgan fingerprint density at radius 3 is 2.32 bits per heavy atom. The third kappa shape index (κ3) is 4.26. The number of ether oxygens (including phenoxy) is 2. The number of ketones is 1. The van der Waals surface area contributed by atoms with Crippen molar-refractivity contribution in [2.24, 2.45) is 0 Å². The van der Waals surface area contributed by atoms with E-state index < -0.39 is 0 Å². The number of rotatable bonds is 5. The third-order valence-electron chi connectivity index (χ3n) is 6.49. The molecule has 0 radical (unpaired) electrons. The highest BCUT2D eigenvalue weighted by molar-refractivity contribution is 6.01. The van der Waals surface area contributed by atoms with Crippen LogP contribution in [0.1, 0.15) is 49.8 Å². The molecule has 2 N–H and O–H groups in total. The van der Waals surface area contributed by atoms with Gasteiger partial charge in [-0.1, -0.05) is 42.5 Å². The van der Waals surface area contributed by atoms with E-state index >= 15 is 0 Å². The molecule has 5 rings (SSSR count). The smallest absolute Gasteiger partial charge is 0.163 e. The van der Waals surface area contributed by atoms with Crippen molar-refractivity contribution in [1.82, 2.24) is 0 Å². The molecular formula is C29H30N2O3. The van der Waals surface area contributed by atoms with Gasteiger partial charge in [0.25, 0.3) is 0 Å². The summed E-state index contributed by atoms with van der Waals surface area (Å²) in [7, 11) is 1.66. The first kappa shape index (κ1) is 22.1. The SMILES string of the molecule is COc1ccc([C@H]2CC(=O)C3=C(C2)Nc2ccccc2N[C@@H]3c2ccccc2OC(C)C)cc1. The first-order valence-corrected chi connectivity index (χ1v) is 11.8. The number of methoxy groups -OCH3 is 1. The van der Waals surface area contributed by atoms with Crippen molar-refractivity contribution in [1.29, 1.82) is 0 Å². The molecule has 174 valence electrons. The third-order valence-corrected chi connectivity index (χ3v) is 6.49. The summed E-state index contributed by atoms with van der Waals surface area (Å²) in [5.41, 5.74) is 5.82. The molecule has 0 unspecified atom stereocenters. The maximum atomic E-state index is 13.8. The summed E-state index contributed by atoms with van der Waals surface area (Å²) in [6.07, 6.45) is 1.26. The van der Waals surface area contributed by atoms with Crippen LogP contribution >= 0.6 is 0 Å². The molecule has 5 heteroatoms. The first-order chi connectivity index (χ1) is 16.5. The molecule has 3 aromatic rings. The molecule has 5 nitrogen and oxygen atoms in total. The first-order valence-electron chi connectivity index (χ1n) is 11.8. The average Bonchev–Trinajstić information content (AvgIpc) is 3.01. The Morgan fingerprint density at radius 2 is 1.59 bits per heavy atom. The number of hydrogen-bond donors (Lipinski definition) is 2. The lowest BCUT2D eigenvalue weighted by Gasteiger charge is -2.30. The van der Waals surface area contributed by atoms with Crippen LogP contribution in [0.3, 0.4) is 0 Å². The van der Waals surface area contributed by atoms with E-state index in [-0.39, 0.29) is 23.8 Å². The zero-order valence-corrected chi connectivity index (χ0v) is 19.8.